The quantitative estimate of drug-likeness (QED) is 0.362. The first-order valence-corrected chi connectivity index (χ1v) is 10.6. The molecule has 1 N–H and O–H groups in total. The second-order valence-corrected chi connectivity index (χ2v) is 7.92. The molecule has 0 aliphatic carbocycles. The number of fused-ring (bicyclic) bond motifs is 1. The summed E-state index contributed by atoms with van der Waals surface area (Å²) in [6.45, 7) is 6.19. The molecule has 0 spiro atoms. The molecule has 4 rings (SSSR count). The van der Waals surface area contributed by atoms with Gasteiger partial charge >= 0.3 is 0 Å². The molecular formula is C27H30N2. The van der Waals surface area contributed by atoms with Gasteiger partial charge in [-0.15, -0.1) is 0 Å². The Kier molecular flexibility index (Phi) is 6.12. The van der Waals surface area contributed by atoms with Crippen LogP contribution in [-0.2, 0) is 13.1 Å². The van der Waals surface area contributed by atoms with Crippen molar-refractivity contribution in [2.24, 2.45) is 0 Å². The molecule has 2 nitrogen and oxygen atoms in total. The van der Waals surface area contributed by atoms with Gasteiger partial charge in [0.15, 0.2) is 0 Å². The van der Waals surface area contributed by atoms with Gasteiger partial charge in [0.1, 0.15) is 0 Å². The number of nitrogens with zero attached hydrogens (tertiary/aromatic N) is 1. The zero-order valence-electron chi connectivity index (χ0n) is 17.4. The standard InChI is InChI=1S/C27H30N2/c1-3-10-26(23-13-5-4-6-14-23)28-18-24-20-29(27-16-8-7-15-25(24)27)19-22-12-9-11-21(2)17-22/h4-9,11-17,20,26,28H,3,10,18-19H2,1-2H3/t26-/m1/s1. The first-order valence-electron chi connectivity index (χ1n) is 10.6. The van der Waals surface area contributed by atoms with Crippen LogP contribution in [0.2, 0.25) is 0 Å². The van der Waals surface area contributed by atoms with Crippen molar-refractivity contribution < 1.29 is 0 Å². The van der Waals surface area contributed by atoms with Crippen LogP contribution in [0, 0.1) is 6.92 Å². The molecule has 29 heavy (non-hydrogen) atoms. The molecular weight excluding hydrogens is 352 g/mol. The molecule has 0 unspecified atom stereocenters. The van der Waals surface area contributed by atoms with E-state index >= 15 is 0 Å². The normalized spacial score (nSPS) is 12.3. The van der Waals surface area contributed by atoms with Gasteiger partial charge in [-0.2, -0.15) is 0 Å². The van der Waals surface area contributed by atoms with Gasteiger partial charge in [-0.05, 0) is 36.1 Å². The predicted molar refractivity (Wildman–Crippen MR) is 123 cm³/mol. The summed E-state index contributed by atoms with van der Waals surface area (Å²) in [5.74, 6) is 0. The minimum Gasteiger partial charge on any atom is -0.343 e. The predicted octanol–water partition coefficient (Wildman–Crippen LogP) is 6.63. The fourth-order valence-corrected chi connectivity index (χ4v) is 4.20. The highest BCUT2D eigenvalue weighted by Crippen LogP contribution is 2.25. The molecule has 2 heteroatoms. The number of aryl methyl sites for hydroxylation is 1. The third-order valence-corrected chi connectivity index (χ3v) is 5.62. The number of benzene rings is 3. The van der Waals surface area contributed by atoms with Gasteiger partial charge in [-0.1, -0.05) is 91.7 Å². The molecule has 148 valence electrons. The molecule has 1 atom stereocenters. The molecule has 1 heterocycles. The third-order valence-electron chi connectivity index (χ3n) is 5.62. The number of rotatable bonds is 8. The van der Waals surface area contributed by atoms with Crippen molar-refractivity contribution in [1.29, 1.82) is 0 Å². The summed E-state index contributed by atoms with van der Waals surface area (Å²) in [6.07, 6.45) is 4.64. The summed E-state index contributed by atoms with van der Waals surface area (Å²) in [4.78, 5) is 0. The average molecular weight is 383 g/mol. The monoisotopic (exact) mass is 382 g/mol. The zero-order chi connectivity index (χ0) is 20.1. The lowest BCUT2D eigenvalue weighted by atomic mass is 10.0. The Hall–Kier alpha value is -2.84. The van der Waals surface area contributed by atoms with Crippen LogP contribution in [0.15, 0.2) is 85.1 Å². The zero-order valence-corrected chi connectivity index (χ0v) is 17.4. The Balaban J connectivity index is 1.59. The van der Waals surface area contributed by atoms with Gasteiger partial charge in [0.05, 0.1) is 0 Å². The Bertz CT molecular complexity index is 1060. The molecule has 0 fully saturated rings. The van der Waals surface area contributed by atoms with Crippen LogP contribution >= 0.6 is 0 Å². The fraction of sp³-hybridized carbons (Fsp3) is 0.259. The molecule has 0 aliphatic heterocycles. The van der Waals surface area contributed by atoms with E-state index in [1.165, 1.54) is 39.6 Å². The van der Waals surface area contributed by atoms with E-state index in [0.717, 1.165) is 19.5 Å². The number of para-hydroxylation sites is 1. The van der Waals surface area contributed by atoms with Crippen molar-refractivity contribution in [3.05, 3.63) is 107 Å². The van der Waals surface area contributed by atoms with Crippen molar-refractivity contribution in [2.75, 3.05) is 0 Å². The van der Waals surface area contributed by atoms with Crippen LogP contribution in [0.25, 0.3) is 10.9 Å². The summed E-state index contributed by atoms with van der Waals surface area (Å²) in [5.41, 5.74) is 6.70. The van der Waals surface area contributed by atoms with Crippen molar-refractivity contribution in [3.8, 4) is 0 Å². The van der Waals surface area contributed by atoms with E-state index in [9.17, 15) is 0 Å². The van der Waals surface area contributed by atoms with Gasteiger partial charge in [0.25, 0.3) is 0 Å². The van der Waals surface area contributed by atoms with Gasteiger partial charge in [-0.3, -0.25) is 0 Å². The molecule has 0 saturated carbocycles. The summed E-state index contributed by atoms with van der Waals surface area (Å²) in [5, 5.41) is 5.16. The average Bonchev–Trinajstić information content (AvgIpc) is 3.09. The van der Waals surface area contributed by atoms with Crippen molar-refractivity contribution in [2.45, 2.75) is 45.8 Å². The van der Waals surface area contributed by atoms with Gasteiger partial charge in [0.2, 0.25) is 0 Å². The maximum atomic E-state index is 3.82. The lowest BCUT2D eigenvalue weighted by Gasteiger charge is -2.18. The Labute approximate surface area is 174 Å². The molecule has 3 aromatic carbocycles. The number of hydrogen-bond acceptors (Lipinski definition) is 1. The van der Waals surface area contributed by atoms with Gasteiger partial charge in [-0.25, -0.2) is 0 Å². The second-order valence-electron chi connectivity index (χ2n) is 7.92. The van der Waals surface area contributed by atoms with E-state index in [0.29, 0.717) is 6.04 Å². The molecule has 0 amide bonds. The highest BCUT2D eigenvalue weighted by Gasteiger charge is 2.13. The first-order chi connectivity index (χ1) is 14.2. The second kappa shape index (κ2) is 9.11. The van der Waals surface area contributed by atoms with Gasteiger partial charge in [0, 0.05) is 36.2 Å². The van der Waals surface area contributed by atoms with E-state index in [1.807, 2.05) is 0 Å². The topological polar surface area (TPSA) is 17.0 Å². The summed E-state index contributed by atoms with van der Waals surface area (Å²) in [7, 11) is 0. The molecule has 0 saturated heterocycles. The Morgan fingerprint density at radius 1 is 0.897 bits per heavy atom. The maximum absolute atomic E-state index is 3.82. The van der Waals surface area contributed by atoms with Crippen molar-refractivity contribution >= 4 is 10.9 Å². The van der Waals surface area contributed by atoms with E-state index in [1.54, 1.807) is 0 Å². The number of nitrogens with one attached hydrogen (secondary N) is 1. The minimum atomic E-state index is 0.389. The summed E-state index contributed by atoms with van der Waals surface area (Å²) < 4.78 is 2.39. The highest BCUT2D eigenvalue weighted by atomic mass is 15.0. The van der Waals surface area contributed by atoms with Crippen LogP contribution in [-0.4, -0.2) is 4.57 Å². The number of hydrogen-bond donors (Lipinski definition) is 1. The Morgan fingerprint density at radius 3 is 2.48 bits per heavy atom. The fourth-order valence-electron chi connectivity index (χ4n) is 4.20. The van der Waals surface area contributed by atoms with Crippen molar-refractivity contribution in [3.63, 3.8) is 0 Å². The van der Waals surface area contributed by atoms with Crippen LogP contribution in [0.4, 0.5) is 0 Å². The summed E-state index contributed by atoms with van der Waals surface area (Å²) >= 11 is 0. The lowest BCUT2D eigenvalue weighted by molar-refractivity contribution is 0.494. The molecule has 0 bridgehead atoms. The lowest BCUT2D eigenvalue weighted by Crippen LogP contribution is -2.20. The van der Waals surface area contributed by atoms with Crippen LogP contribution < -0.4 is 5.32 Å². The minimum absolute atomic E-state index is 0.389. The van der Waals surface area contributed by atoms with E-state index in [4.69, 9.17) is 0 Å². The summed E-state index contributed by atoms with van der Waals surface area (Å²) in [6, 6.07) is 28.8. The van der Waals surface area contributed by atoms with Crippen LogP contribution in [0.5, 0.6) is 0 Å². The van der Waals surface area contributed by atoms with Gasteiger partial charge < -0.3 is 9.88 Å². The molecule has 0 aliphatic rings. The number of aromatic nitrogens is 1. The maximum Gasteiger partial charge on any atom is 0.0486 e. The van der Waals surface area contributed by atoms with E-state index < -0.39 is 0 Å². The highest BCUT2D eigenvalue weighted by molar-refractivity contribution is 5.84. The van der Waals surface area contributed by atoms with E-state index in [2.05, 4.69) is 109 Å². The SMILES string of the molecule is CCC[C@@H](NCc1cn(Cc2cccc(C)c2)c2ccccc12)c1ccccc1. The van der Waals surface area contributed by atoms with E-state index in [-0.39, 0.29) is 0 Å². The first kappa shape index (κ1) is 19.5. The molecule has 1 aromatic heterocycles. The largest absolute Gasteiger partial charge is 0.343 e. The van der Waals surface area contributed by atoms with Crippen molar-refractivity contribution in [1.82, 2.24) is 9.88 Å². The Morgan fingerprint density at radius 2 is 1.69 bits per heavy atom. The van der Waals surface area contributed by atoms with Crippen LogP contribution in [0.1, 0.15) is 48.1 Å². The third kappa shape index (κ3) is 4.60. The molecule has 0 radical (unpaired) electrons. The smallest absolute Gasteiger partial charge is 0.0486 e. The van der Waals surface area contributed by atoms with Crippen LogP contribution in [0.3, 0.4) is 0 Å². The molecule has 4 aromatic rings.